The summed E-state index contributed by atoms with van der Waals surface area (Å²) in [6, 6.07) is -0.0782. The quantitative estimate of drug-likeness (QED) is 0.870. The summed E-state index contributed by atoms with van der Waals surface area (Å²) in [6.07, 6.45) is 6.69. The van der Waals surface area contributed by atoms with E-state index in [0.29, 0.717) is 28.9 Å². The molecule has 1 aromatic rings. The third-order valence-electron chi connectivity index (χ3n) is 3.53. The molecule has 2 atom stereocenters. The van der Waals surface area contributed by atoms with Gasteiger partial charge in [-0.1, -0.05) is 18.0 Å². The molecule has 1 aromatic heterocycles. The maximum Gasteiger partial charge on any atom is 0.291 e. The molecule has 0 aromatic carbocycles. The lowest BCUT2D eigenvalue weighted by Crippen LogP contribution is -2.33. The molecule has 2 rings (SSSR count). The summed E-state index contributed by atoms with van der Waals surface area (Å²) in [5.41, 5.74) is 0.164. The maximum atomic E-state index is 12.4. The van der Waals surface area contributed by atoms with E-state index in [1.54, 1.807) is 6.26 Å². The highest BCUT2D eigenvalue weighted by Crippen LogP contribution is 2.27. The molecule has 7 heteroatoms. The maximum absolute atomic E-state index is 12.4. The molecule has 0 aliphatic heterocycles. The first-order valence-corrected chi connectivity index (χ1v) is 8.90. The summed E-state index contributed by atoms with van der Waals surface area (Å²) >= 11 is 6.05. The van der Waals surface area contributed by atoms with Crippen molar-refractivity contribution in [2.45, 2.75) is 38.8 Å². The fourth-order valence-corrected chi connectivity index (χ4v) is 3.26. The Kier molecular flexibility index (Phi) is 5.21. The molecule has 1 aliphatic carbocycles. The van der Waals surface area contributed by atoms with Gasteiger partial charge in [-0.25, -0.2) is 4.68 Å². The summed E-state index contributed by atoms with van der Waals surface area (Å²) in [7, 11) is -0.919. The smallest absolute Gasteiger partial charge is 0.291 e. The van der Waals surface area contributed by atoms with Crippen LogP contribution in [0.2, 0.25) is 5.02 Å². The number of nitrogens with one attached hydrogen (secondary N) is 1. The normalized spacial score (nSPS) is 18.4. The SMILES string of the molecule is CC(CS(C)=O)Nc1c(Cl)cnn(CC2CCC2)c1=O. The highest BCUT2D eigenvalue weighted by atomic mass is 35.5. The Morgan fingerprint density at radius 3 is 2.85 bits per heavy atom. The first-order valence-electron chi connectivity index (χ1n) is 6.79. The minimum Gasteiger partial charge on any atom is -0.376 e. The molecule has 112 valence electrons. The molecule has 0 saturated heterocycles. The Labute approximate surface area is 126 Å². The van der Waals surface area contributed by atoms with E-state index in [1.165, 1.54) is 17.3 Å². The van der Waals surface area contributed by atoms with Gasteiger partial charge in [-0.3, -0.25) is 9.00 Å². The highest BCUT2D eigenvalue weighted by molar-refractivity contribution is 7.84. The Bertz CT molecular complexity index is 557. The number of halogens is 1. The largest absolute Gasteiger partial charge is 0.376 e. The minimum atomic E-state index is -0.919. The summed E-state index contributed by atoms with van der Waals surface area (Å²) in [6.45, 7) is 2.53. The van der Waals surface area contributed by atoms with Gasteiger partial charge in [-0.15, -0.1) is 0 Å². The van der Waals surface area contributed by atoms with Crippen molar-refractivity contribution in [3.8, 4) is 0 Å². The Hall–Kier alpha value is -0.880. The number of anilines is 1. The van der Waals surface area contributed by atoms with Crippen LogP contribution in [0.5, 0.6) is 0 Å². The van der Waals surface area contributed by atoms with Crippen molar-refractivity contribution >= 4 is 28.1 Å². The average Bonchev–Trinajstić information content (AvgIpc) is 2.30. The second-order valence-corrected chi connectivity index (χ2v) is 7.32. The van der Waals surface area contributed by atoms with Gasteiger partial charge in [0, 0.05) is 35.4 Å². The summed E-state index contributed by atoms with van der Waals surface area (Å²) in [5, 5.41) is 7.48. The van der Waals surface area contributed by atoms with E-state index in [-0.39, 0.29) is 11.6 Å². The fourth-order valence-electron chi connectivity index (χ4n) is 2.29. The number of rotatable bonds is 6. The zero-order valence-electron chi connectivity index (χ0n) is 11.8. The Balaban J connectivity index is 2.16. The number of nitrogens with zero attached hydrogens (tertiary/aromatic N) is 2. The van der Waals surface area contributed by atoms with Crippen molar-refractivity contribution in [2.24, 2.45) is 5.92 Å². The molecule has 5 nitrogen and oxygen atoms in total. The van der Waals surface area contributed by atoms with Crippen LogP contribution in [0.25, 0.3) is 0 Å². The van der Waals surface area contributed by atoms with Crippen molar-refractivity contribution in [3.05, 3.63) is 21.6 Å². The predicted molar refractivity (Wildman–Crippen MR) is 82.9 cm³/mol. The molecule has 1 saturated carbocycles. The lowest BCUT2D eigenvalue weighted by molar-refractivity contribution is 0.262. The van der Waals surface area contributed by atoms with Crippen molar-refractivity contribution in [2.75, 3.05) is 17.3 Å². The molecule has 1 N–H and O–H groups in total. The third kappa shape index (κ3) is 3.82. The average molecular weight is 318 g/mol. The molecule has 0 bridgehead atoms. The van der Waals surface area contributed by atoms with Crippen molar-refractivity contribution in [1.82, 2.24) is 9.78 Å². The Morgan fingerprint density at radius 2 is 2.30 bits per heavy atom. The second-order valence-electron chi connectivity index (χ2n) is 5.44. The molecule has 1 fully saturated rings. The molecule has 0 spiro atoms. The van der Waals surface area contributed by atoms with E-state index >= 15 is 0 Å². The molecule has 20 heavy (non-hydrogen) atoms. The minimum absolute atomic E-state index is 0.0782. The van der Waals surface area contributed by atoms with E-state index in [1.807, 2.05) is 6.92 Å². The highest BCUT2D eigenvalue weighted by Gasteiger charge is 2.20. The lowest BCUT2D eigenvalue weighted by Gasteiger charge is -2.25. The van der Waals surface area contributed by atoms with Crippen molar-refractivity contribution in [3.63, 3.8) is 0 Å². The van der Waals surface area contributed by atoms with E-state index in [4.69, 9.17) is 11.6 Å². The summed E-state index contributed by atoms with van der Waals surface area (Å²) in [5.74, 6) is 1.02. The second kappa shape index (κ2) is 6.72. The van der Waals surface area contributed by atoms with Gasteiger partial charge in [0.25, 0.3) is 5.56 Å². The van der Waals surface area contributed by atoms with Gasteiger partial charge in [-0.05, 0) is 25.7 Å². The van der Waals surface area contributed by atoms with Crippen molar-refractivity contribution < 1.29 is 4.21 Å². The first-order chi connectivity index (χ1) is 9.47. The number of hydrogen-bond acceptors (Lipinski definition) is 4. The van der Waals surface area contributed by atoms with Crippen LogP contribution in [0.4, 0.5) is 5.69 Å². The fraction of sp³-hybridized carbons (Fsp3) is 0.692. The topological polar surface area (TPSA) is 64.0 Å². The van der Waals surface area contributed by atoms with Crippen LogP contribution in [-0.4, -0.2) is 32.0 Å². The van der Waals surface area contributed by atoms with Crippen LogP contribution >= 0.6 is 11.6 Å². The first kappa shape index (κ1) is 15.5. The lowest BCUT2D eigenvalue weighted by atomic mass is 9.85. The number of aromatic nitrogens is 2. The van der Waals surface area contributed by atoms with Crippen LogP contribution in [0.15, 0.2) is 11.0 Å². The van der Waals surface area contributed by atoms with Gasteiger partial charge >= 0.3 is 0 Å². The molecular weight excluding hydrogens is 298 g/mol. The molecule has 1 heterocycles. The predicted octanol–water partition coefficient (Wildman–Crippen LogP) is 1.88. The third-order valence-corrected chi connectivity index (χ3v) is 4.78. The van der Waals surface area contributed by atoms with Gasteiger partial charge < -0.3 is 5.32 Å². The van der Waals surface area contributed by atoms with Gasteiger partial charge in [0.15, 0.2) is 0 Å². The van der Waals surface area contributed by atoms with E-state index in [2.05, 4.69) is 10.4 Å². The van der Waals surface area contributed by atoms with Gasteiger partial charge in [0.1, 0.15) is 5.69 Å². The van der Waals surface area contributed by atoms with Crippen LogP contribution < -0.4 is 10.9 Å². The molecule has 1 aliphatic rings. The summed E-state index contributed by atoms with van der Waals surface area (Å²) < 4.78 is 12.7. The molecule has 2 unspecified atom stereocenters. The van der Waals surface area contributed by atoms with Crippen LogP contribution in [0, 0.1) is 5.92 Å². The zero-order valence-corrected chi connectivity index (χ0v) is 13.3. The molecular formula is C13H20ClN3O2S. The standard InChI is InChI=1S/C13H20ClN3O2S/c1-9(8-20(2)19)16-12-11(14)6-15-17(13(12)18)7-10-4-3-5-10/h6,9-10,16H,3-5,7-8H2,1-2H3. The van der Waals surface area contributed by atoms with E-state index in [9.17, 15) is 9.00 Å². The van der Waals surface area contributed by atoms with Crippen LogP contribution in [-0.2, 0) is 17.3 Å². The van der Waals surface area contributed by atoms with Crippen LogP contribution in [0.3, 0.4) is 0 Å². The van der Waals surface area contributed by atoms with Crippen molar-refractivity contribution in [1.29, 1.82) is 0 Å². The molecule has 0 amide bonds. The van der Waals surface area contributed by atoms with Gasteiger partial charge in [0.05, 0.1) is 11.2 Å². The zero-order chi connectivity index (χ0) is 14.7. The van der Waals surface area contributed by atoms with Crippen LogP contribution in [0.1, 0.15) is 26.2 Å². The van der Waals surface area contributed by atoms with Gasteiger partial charge in [-0.2, -0.15) is 5.10 Å². The Morgan fingerprint density at radius 1 is 1.60 bits per heavy atom. The summed E-state index contributed by atoms with van der Waals surface area (Å²) in [4.78, 5) is 12.4. The molecule has 0 radical (unpaired) electrons. The monoisotopic (exact) mass is 317 g/mol. The van der Waals surface area contributed by atoms with Gasteiger partial charge in [0.2, 0.25) is 0 Å². The van der Waals surface area contributed by atoms with E-state index in [0.717, 1.165) is 12.8 Å². The number of hydrogen-bond donors (Lipinski definition) is 1. The van der Waals surface area contributed by atoms with E-state index < -0.39 is 10.8 Å².